The standard InChI is InChI=1S/C18H19F2N5S.ClH/c1-3-6-26-18-23-16(12-9-21-25(2)17(12)24-18)22-15-8-11(15)10-4-5-13(19)14(20)7-10;/h4-5,7,9,11,15H,3,6,8H2,1-2H3,(H,22,23,24);1H/t11-,15+;/m0./s1. The van der Waals surface area contributed by atoms with Gasteiger partial charge in [-0.2, -0.15) is 5.10 Å². The molecule has 5 nitrogen and oxygen atoms in total. The lowest BCUT2D eigenvalue weighted by Crippen LogP contribution is -2.08. The van der Waals surface area contributed by atoms with Crippen molar-refractivity contribution in [3.8, 4) is 0 Å². The zero-order chi connectivity index (χ0) is 18.3. The van der Waals surface area contributed by atoms with Crippen molar-refractivity contribution in [2.24, 2.45) is 7.05 Å². The van der Waals surface area contributed by atoms with E-state index < -0.39 is 11.6 Å². The summed E-state index contributed by atoms with van der Waals surface area (Å²) in [6.07, 6.45) is 3.65. The van der Waals surface area contributed by atoms with E-state index in [0.29, 0.717) is 0 Å². The average Bonchev–Trinajstić information content (AvgIpc) is 3.29. The maximum atomic E-state index is 13.5. The van der Waals surface area contributed by atoms with Crippen LogP contribution in [0.25, 0.3) is 11.0 Å². The van der Waals surface area contributed by atoms with E-state index in [1.54, 1.807) is 28.7 Å². The quantitative estimate of drug-likeness (QED) is 0.477. The average molecular weight is 412 g/mol. The first kappa shape index (κ1) is 19.8. The number of nitrogens with one attached hydrogen (secondary N) is 1. The van der Waals surface area contributed by atoms with Gasteiger partial charge in [-0.3, -0.25) is 4.68 Å². The third kappa shape index (κ3) is 4.01. The molecule has 1 fully saturated rings. The van der Waals surface area contributed by atoms with E-state index in [1.807, 2.05) is 7.05 Å². The number of hydrogen-bond acceptors (Lipinski definition) is 5. The van der Waals surface area contributed by atoms with Crippen LogP contribution in [0.15, 0.2) is 29.6 Å². The van der Waals surface area contributed by atoms with Crippen molar-refractivity contribution in [2.75, 3.05) is 11.1 Å². The van der Waals surface area contributed by atoms with Crippen LogP contribution in [0.4, 0.5) is 14.6 Å². The zero-order valence-corrected chi connectivity index (χ0v) is 16.6. The molecule has 0 amide bonds. The summed E-state index contributed by atoms with van der Waals surface area (Å²) in [7, 11) is 1.86. The smallest absolute Gasteiger partial charge is 0.191 e. The molecule has 2 atom stereocenters. The van der Waals surface area contributed by atoms with Crippen molar-refractivity contribution in [1.29, 1.82) is 0 Å². The number of hydrogen-bond donors (Lipinski definition) is 1. The van der Waals surface area contributed by atoms with E-state index in [-0.39, 0.29) is 24.4 Å². The molecule has 1 saturated carbocycles. The van der Waals surface area contributed by atoms with Crippen molar-refractivity contribution in [1.82, 2.24) is 19.7 Å². The normalized spacial score (nSPS) is 18.4. The maximum absolute atomic E-state index is 13.5. The minimum Gasteiger partial charge on any atom is -0.366 e. The fourth-order valence-electron chi connectivity index (χ4n) is 3.01. The Morgan fingerprint density at radius 3 is 2.81 bits per heavy atom. The summed E-state index contributed by atoms with van der Waals surface area (Å²) in [6.45, 7) is 2.12. The lowest BCUT2D eigenvalue weighted by atomic mass is 10.1. The molecule has 0 unspecified atom stereocenters. The molecule has 0 radical (unpaired) electrons. The summed E-state index contributed by atoms with van der Waals surface area (Å²) in [5, 5.41) is 9.30. The van der Waals surface area contributed by atoms with Gasteiger partial charge in [0.2, 0.25) is 0 Å². The minimum atomic E-state index is -0.815. The summed E-state index contributed by atoms with van der Waals surface area (Å²) >= 11 is 1.62. The lowest BCUT2D eigenvalue weighted by molar-refractivity contribution is 0.507. The lowest BCUT2D eigenvalue weighted by Gasteiger charge is -2.09. The summed E-state index contributed by atoms with van der Waals surface area (Å²) in [5.74, 6) is 0.228. The number of nitrogens with zero attached hydrogens (tertiary/aromatic N) is 4. The van der Waals surface area contributed by atoms with E-state index in [4.69, 9.17) is 0 Å². The van der Waals surface area contributed by atoms with Gasteiger partial charge in [-0.1, -0.05) is 24.8 Å². The van der Waals surface area contributed by atoms with Gasteiger partial charge >= 0.3 is 0 Å². The molecule has 4 rings (SSSR count). The number of fused-ring (bicyclic) bond motifs is 1. The first-order valence-corrected chi connectivity index (χ1v) is 9.59. The Balaban J connectivity index is 0.00000210. The van der Waals surface area contributed by atoms with Gasteiger partial charge < -0.3 is 5.32 Å². The van der Waals surface area contributed by atoms with Gasteiger partial charge in [0.1, 0.15) is 5.82 Å². The first-order valence-electron chi connectivity index (χ1n) is 8.61. The second-order valence-corrected chi connectivity index (χ2v) is 7.54. The second kappa shape index (κ2) is 7.98. The highest BCUT2D eigenvalue weighted by Crippen LogP contribution is 2.43. The Morgan fingerprint density at radius 2 is 2.07 bits per heavy atom. The predicted octanol–water partition coefficient (Wildman–Crippen LogP) is 4.53. The van der Waals surface area contributed by atoms with Crippen LogP contribution in [-0.2, 0) is 7.05 Å². The highest BCUT2D eigenvalue weighted by Gasteiger charge is 2.39. The number of anilines is 1. The van der Waals surface area contributed by atoms with Crippen molar-refractivity contribution < 1.29 is 8.78 Å². The second-order valence-electron chi connectivity index (χ2n) is 6.48. The Morgan fingerprint density at radius 1 is 1.26 bits per heavy atom. The maximum Gasteiger partial charge on any atom is 0.191 e. The monoisotopic (exact) mass is 411 g/mol. The molecule has 1 aliphatic carbocycles. The minimum absolute atomic E-state index is 0. The van der Waals surface area contributed by atoms with E-state index in [2.05, 4.69) is 27.3 Å². The number of halogens is 3. The Kier molecular flexibility index (Phi) is 5.86. The molecule has 1 N–H and O–H groups in total. The zero-order valence-electron chi connectivity index (χ0n) is 14.9. The highest BCUT2D eigenvalue weighted by molar-refractivity contribution is 7.99. The fourth-order valence-corrected chi connectivity index (χ4v) is 3.71. The molecule has 0 spiro atoms. The number of benzene rings is 1. The Bertz CT molecular complexity index is 964. The third-order valence-corrected chi connectivity index (χ3v) is 5.54. The van der Waals surface area contributed by atoms with E-state index in [1.165, 1.54) is 12.1 Å². The van der Waals surface area contributed by atoms with E-state index >= 15 is 0 Å². The molecule has 1 aromatic carbocycles. The fraction of sp³-hybridized carbons (Fsp3) is 0.389. The van der Waals surface area contributed by atoms with E-state index in [9.17, 15) is 8.78 Å². The molecule has 1 aliphatic rings. The molecular formula is C18H20ClF2N5S. The molecule has 27 heavy (non-hydrogen) atoms. The number of rotatable bonds is 6. The molecule has 9 heteroatoms. The molecule has 0 aliphatic heterocycles. The van der Waals surface area contributed by atoms with Crippen LogP contribution in [0.5, 0.6) is 0 Å². The van der Waals surface area contributed by atoms with Crippen LogP contribution in [-0.4, -0.2) is 31.5 Å². The van der Waals surface area contributed by atoms with Gasteiger partial charge in [-0.15, -0.1) is 12.4 Å². The van der Waals surface area contributed by atoms with Crippen LogP contribution >= 0.6 is 24.2 Å². The molecule has 0 bridgehead atoms. The van der Waals surface area contributed by atoms with Crippen LogP contribution in [0.3, 0.4) is 0 Å². The predicted molar refractivity (Wildman–Crippen MR) is 106 cm³/mol. The van der Waals surface area contributed by atoms with Crippen molar-refractivity contribution in [2.45, 2.75) is 36.9 Å². The number of aryl methyl sites for hydroxylation is 1. The third-order valence-electron chi connectivity index (χ3n) is 4.49. The molecule has 3 aromatic rings. The molecule has 0 saturated heterocycles. The molecule has 144 valence electrons. The highest BCUT2D eigenvalue weighted by atomic mass is 35.5. The van der Waals surface area contributed by atoms with Gasteiger partial charge in [-0.05, 0) is 30.5 Å². The Labute approximate surface area is 166 Å². The molecule has 2 aromatic heterocycles. The topological polar surface area (TPSA) is 55.6 Å². The molecule has 2 heterocycles. The van der Waals surface area contributed by atoms with Gasteiger partial charge in [-0.25, -0.2) is 18.7 Å². The van der Waals surface area contributed by atoms with Gasteiger partial charge in [0, 0.05) is 24.8 Å². The first-order chi connectivity index (χ1) is 12.6. The summed E-state index contributed by atoms with van der Waals surface area (Å²) < 4.78 is 28.3. The van der Waals surface area contributed by atoms with Crippen LogP contribution in [0.1, 0.15) is 31.2 Å². The van der Waals surface area contributed by atoms with Gasteiger partial charge in [0.05, 0.1) is 11.6 Å². The van der Waals surface area contributed by atoms with Crippen LogP contribution in [0, 0.1) is 11.6 Å². The molecular weight excluding hydrogens is 392 g/mol. The Hall–Kier alpha value is -1.93. The largest absolute Gasteiger partial charge is 0.366 e. The van der Waals surface area contributed by atoms with Crippen molar-refractivity contribution >= 4 is 41.0 Å². The van der Waals surface area contributed by atoms with Gasteiger partial charge in [0.25, 0.3) is 0 Å². The van der Waals surface area contributed by atoms with Crippen LogP contribution < -0.4 is 5.32 Å². The van der Waals surface area contributed by atoms with Crippen molar-refractivity contribution in [3.05, 3.63) is 41.6 Å². The summed E-state index contributed by atoms with van der Waals surface area (Å²) in [4.78, 5) is 9.23. The van der Waals surface area contributed by atoms with Crippen LogP contribution in [0.2, 0.25) is 0 Å². The summed E-state index contributed by atoms with van der Waals surface area (Å²) in [5.41, 5.74) is 1.59. The van der Waals surface area contributed by atoms with Crippen molar-refractivity contribution in [3.63, 3.8) is 0 Å². The number of aromatic nitrogens is 4. The number of thioether (sulfide) groups is 1. The summed E-state index contributed by atoms with van der Waals surface area (Å²) in [6, 6.07) is 4.25. The van der Waals surface area contributed by atoms with E-state index in [0.717, 1.165) is 46.2 Å². The SMILES string of the molecule is CCCSc1nc(N[C@@H]2C[C@H]2c2ccc(F)c(F)c2)c2cnn(C)c2n1.Cl. The van der Waals surface area contributed by atoms with Gasteiger partial charge in [0.15, 0.2) is 22.4 Å².